The van der Waals surface area contributed by atoms with Crippen LogP contribution in [0.15, 0.2) is 29.2 Å². The van der Waals surface area contributed by atoms with Gasteiger partial charge >= 0.3 is 0 Å². The molecule has 0 saturated heterocycles. The van der Waals surface area contributed by atoms with Crippen LogP contribution in [0.3, 0.4) is 0 Å². The van der Waals surface area contributed by atoms with Crippen molar-refractivity contribution >= 4 is 11.9 Å². The fourth-order valence-corrected chi connectivity index (χ4v) is 3.64. The smallest absolute Gasteiger partial charge is 0.270 e. The number of hydrogen-bond donors (Lipinski definition) is 2. The van der Waals surface area contributed by atoms with Crippen LogP contribution in [0, 0.1) is 0 Å². The molecule has 1 aliphatic rings. The Balaban J connectivity index is 1.83. The fourth-order valence-electron chi connectivity index (χ4n) is 3.64. The Morgan fingerprint density at radius 1 is 1.28 bits per heavy atom. The number of H-pyrrole nitrogens is 1. The van der Waals surface area contributed by atoms with Gasteiger partial charge in [-0.25, -0.2) is 0 Å². The zero-order valence-electron chi connectivity index (χ0n) is 16.2. The number of amides is 1. The molecule has 2 aromatic heterocycles. The van der Waals surface area contributed by atoms with Gasteiger partial charge in [-0.1, -0.05) is 12.0 Å². The van der Waals surface area contributed by atoms with E-state index in [4.69, 9.17) is 9.47 Å². The summed E-state index contributed by atoms with van der Waals surface area (Å²) < 4.78 is 12.8. The third-order valence-corrected chi connectivity index (χ3v) is 5.10. The van der Waals surface area contributed by atoms with Crippen LogP contribution in [-0.4, -0.2) is 45.3 Å². The van der Waals surface area contributed by atoms with Gasteiger partial charge in [-0.15, -0.1) is 5.10 Å². The topological polar surface area (TPSA) is 124 Å². The van der Waals surface area contributed by atoms with Crippen LogP contribution in [0.4, 0.5) is 5.95 Å². The molecule has 0 radical (unpaired) electrons. The third kappa shape index (κ3) is 3.22. The first-order valence-electron chi connectivity index (χ1n) is 9.12. The SMILES string of the molecule is CCC1Cc2cc(OC)c(OC)cc2-c2cc(=O)c(C(=O)Nc3nn[nH]n3)cn21. The van der Waals surface area contributed by atoms with Crippen molar-refractivity contribution < 1.29 is 14.3 Å². The van der Waals surface area contributed by atoms with E-state index < -0.39 is 11.3 Å². The molecular weight excluding hydrogens is 376 g/mol. The number of anilines is 1. The number of ether oxygens (including phenoxy) is 2. The van der Waals surface area contributed by atoms with E-state index in [1.54, 1.807) is 20.4 Å². The highest BCUT2D eigenvalue weighted by Gasteiger charge is 2.27. The highest BCUT2D eigenvalue weighted by atomic mass is 16.5. The number of rotatable bonds is 5. The van der Waals surface area contributed by atoms with Gasteiger partial charge in [-0.2, -0.15) is 5.21 Å². The highest BCUT2D eigenvalue weighted by Crippen LogP contribution is 2.41. The second kappa shape index (κ2) is 7.38. The average molecular weight is 396 g/mol. The van der Waals surface area contributed by atoms with E-state index in [-0.39, 0.29) is 17.6 Å². The van der Waals surface area contributed by atoms with Crippen LogP contribution < -0.4 is 20.2 Å². The van der Waals surface area contributed by atoms with Crippen molar-refractivity contribution in [2.24, 2.45) is 0 Å². The predicted octanol–water partition coefficient (Wildman–Crippen LogP) is 1.81. The summed E-state index contributed by atoms with van der Waals surface area (Å²) >= 11 is 0. The van der Waals surface area contributed by atoms with Crippen LogP contribution in [-0.2, 0) is 6.42 Å². The summed E-state index contributed by atoms with van der Waals surface area (Å²) in [5, 5.41) is 15.5. The molecule has 4 rings (SSSR count). The molecule has 0 saturated carbocycles. The Bertz CT molecular complexity index is 1120. The molecule has 0 aliphatic carbocycles. The van der Waals surface area contributed by atoms with Gasteiger partial charge in [-0.05, 0) is 35.8 Å². The van der Waals surface area contributed by atoms with Gasteiger partial charge in [0, 0.05) is 23.9 Å². The zero-order valence-corrected chi connectivity index (χ0v) is 16.2. The second-order valence-electron chi connectivity index (χ2n) is 6.66. The molecule has 29 heavy (non-hydrogen) atoms. The summed E-state index contributed by atoms with van der Waals surface area (Å²) in [6.45, 7) is 2.07. The molecule has 10 heteroatoms. The first-order chi connectivity index (χ1) is 14.0. The zero-order chi connectivity index (χ0) is 20.5. The van der Waals surface area contributed by atoms with Crippen molar-refractivity contribution in [3.05, 3.63) is 45.7 Å². The average Bonchev–Trinajstić information content (AvgIpc) is 3.24. The van der Waals surface area contributed by atoms with E-state index in [1.165, 1.54) is 6.07 Å². The lowest BCUT2D eigenvalue weighted by atomic mass is 9.90. The quantitative estimate of drug-likeness (QED) is 0.674. The molecule has 0 spiro atoms. The molecule has 3 aromatic rings. The number of methoxy groups -OCH3 is 2. The summed E-state index contributed by atoms with van der Waals surface area (Å²) in [4.78, 5) is 25.3. The maximum atomic E-state index is 12.7. The number of hydrogen-bond acceptors (Lipinski definition) is 7. The Labute approximate surface area is 165 Å². The minimum Gasteiger partial charge on any atom is -0.493 e. The minimum absolute atomic E-state index is 0.00587. The van der Waals surface area contributed by atoms with Gasteiger partial charge in [-0.3, -0.25) is 14.9 Å². The Hall–Kier alpha value is -3.69. The molecule has 150 valence electrons. The molecule has 1 aliphatic heterocycles. The molecule has 3 heterocycles. The number of tetrazole rings is 1. The lowest BCUT2D eigenvalue weighted by molar-refractivity contribution is 0.102. The number of fused-ring (bicyclic) bond motifs is 3. The van der Waals surface area contributed by atoms with Crippen molar-refractivity contribution in [2.45, 2.75) is 25.8 Å². The molecule has 10 nitrogen and oxygen atoms in total. The molecule has 0 fully saturated rings. The van der Waals surface area contributed by atoms with Gasteiger partial charge in [0.2, 0.25) is 0 Å². The van der Waals surface area contributed by atoms with Crippen molar-refractivity contribution in [2.75, 3.05) is 19.5 Å². The Morgan fingerprint density at radius 2 is 2.03 bits per heavy atom. The van der Waals surface area contributed by atoms with Crippen LogP contribution in [0.2, 0.25) is 0 Å². The highest BCUT2D eigenvalue weighted by molar-refractivity contribution is 6.03. The van der Waals surface area contributed by atoms with Crippen molar-refractivity contribution in [1.29, 1.82) is 0 Å². The van der Waals surface area contributed by atoms with E-state index in [9.17, 15) is 9.59 Å². The monoisotopic (exact) mass is 396 g/mol. The van der Waals surface area contributed by atoms with Gasteiger partial charge in [0.05, 0.1) is 19.9 Å². The number of nitrogens with one attached hydrogen (secondary N) is 2. The Morgan fingerprint density at radius 3 is 2.69 bits per heavy atom. The summed E-state index contributed by atoms with van der Waals surface area (Å²) in [5.74, 6) is 0.651. The van der Waals surface area contributed by atoms with Crippen LogP contribution in [0.1, 0.15) is 35.3 Å². The van der Waals surface area contributed by atoms with Crippen molar-refractivity contribution in [3.63, 3.8) is 0 Å². The number of aromatic amines is 1. The summed E-state index contributed by atoms with van der Waals surface area (Å²) in [7, 11) is 3.16. The second-order valence-corrected chi connectivity index (χ2v) is 6.66. The molecule has 2 N–H and O–H groups in total. The van der Waals surface area contributed by atoms with Crippen LogP contribution >= 0.6 is 0 Å². The lowest BCUT2D eigenvalue weighted by Crippen LogP contribution is -2.28. The maximum absolute atomic E-state index is 12.7. The van der Waals surface area contributed by atoms with E-state index >= 15 is 0 Å². The van der Waals surface area contributed by atoms with Gasteiger partial charge < -0.3 is 14.0 Å². The van der Waals surface area contributed by atoms with Crippen LogP contribution in [0.5, 0.6) is 11.5 Å². The number of pyridine rings is 1. The number of nitrogens with zero attached hydrogens (tertiary/aromatic N) is 4. The molecule has 1 aromatic carbocycles. The molecule has 1 unspecified atom stereocenters. The molecule has 0 bridgehead atoms. The molecule has 1 amide bonds. The number of benzene rings is 1. The first kappa shape index (κ1) is 18.7. The van der Waals surface area contributed by atoms with Crippen molar-refractivity contribution in [3.8, 4) is 22.8 Å². The van der Waals surface area contributed by atoms with Gasteiger partial charge in [0.25, 0.3) is 11.9 Å². The standard InChI is InChI=1S/C19H20N6O4/c1-4-11-5-10-6-16(28-2)17(29-3)7-12(10)14-8-15(26)13(9-25(11)14)18(27)20-19-21-23-24-22-19/h6-9,11H,4-5H2,1-3H3,(H2,20,21,22,23,24,27). The number of carbonyl (C=O) groups excluding carboxylic acids is 1. The fraction of sp³-hybridized carbons (Fsp3) is 0.316. The summed E-state index contributed by atoms with van der Waals surface area (Å²) in [5.41, 5.74) is 2.31. The molecule has 1 atom stereocenters. The number of aromatic nitrogens is 5. The minimum atomic E-state index is -0.584. The normalized spacial score (nSPS) is 14.7. The van der Waals surface area contributed by atoms with Crippen molar-refractivity contribution in [1.82, 2.24) is 25.2 Å². The maximum Gasteiger partial charge on any atom is 0.270 e. The van der Waals surface area contributed by atoms with E-state index in [0.29, 0.717) is 11.5 Å². The summed E-state index contributed by atoms with van der Waals surface area (Å²) in [6.07, 6.45) is 3.17. The largest absolute Gasteiger partial charge is 0.493 e. The first-order valence-corrected chi connectivity index (χ1v) is 9.12. The van der Waals surface area contributed by atoms with Gasteiger partial charge in [0.15, 0.2) is 16.9 Å². The van der Waals surface area contributed by atoms with E-state index in [1.807, 2.05) is 16.7 Å². The lowest BCUT2D eigenvalue weighted by Gasteiger charge is -2.31. The van der Waals surface area contributed by atoms with Gasteiger partial charge in [0.1, 0.15) is 5.56 Å². The Kier molecular flexibility index (Phi) is 4.75. The van der Waals surface area contributed by atoms with E-state index in [0.717, 1.165) is 29.7 Å². The number of carbonyl (C=O) groups is 1. The third-order valence-electron chi connectivity index (χ3n) is 5.10. The predicted molar refractivity (Wildman–Crippen MR) is 104 cm³/mol. The molecular formula is C19H20N6O4. The summed E-state index contributed by atoms with van der Waals surface area (Å²) in [6, 6.07) is 5.39. The van der Waals surface area contributed by atoms with Crippen LogP contribution in [0.25, 0.3) is 11.3 Å². The van der Waals surface area contributed by atoms with E-state index in [2.05, 4.69) is 32.9 Å².